The molecule has 0 aliphatic rings. The van der Waals surface area contributed by atoms with Crippen LogP contribution in [0.25, 0.3) is 16.9 Å². The van der Waals surface area contributed by atoms with Gasteiger partial charge in [0.05, 0.1) is 17.4 Å². The van der Waals surface area contributed by atoms with Crippen LogP contribution in [0.3, 0.4) is 0 Å². The lowest BCUT2D eigenvalue weighted by atomic mass is 9.98. The molecular weight excluding hydrogens is 366 g/mol. The summed E-state index contributed by atoms with van der Waals surface area (Å²) in [5.74, 6) is 0. The molecular formula is C27H23N3. The highest BCUT2D eigenvalue weighted by atomic mass is 15.1. The third kappa shape index (κ3) is 3.63. The molecule has 146 valence electrons. The van der Waals surface area contributed by atoms with Crippen LogP contribution in [0.2, 0.25) is 0 Å². The predicted molar refractivity (Wildman–Crippen MR) is 122 cm³/mol. The lowest BCUT2D eigenvalue weighted by Crippen LogP contribution is -2.23. The standard InChI is InChI=1S/C27H23N3/c1-4-12-21(13-5-1)26(22-14-6-2-7-15-22)28-20-24-27(23-16-8-3-9-17-23)29-25-18-10-11-19-30(24)25/h1-19,26,28H,20H2. The van der Waals surface area contributed by atoms with Crippen LogP contribution >= 0.6 is 0 Å². The van der Waals surface area contributed by atoms with Gasteiger partial charge in [-0.25, -0.2) is 4.98 Å². The first-order chi connectivity index (χ1) is 14.9. The molecule has 5 rings (SSSR count). The number of fused-ring (bicyclic) bond motifs is 1. The maximum absolute atomic E-state index is 4.93. The zero-order valence-electron chi connectivity index (χ0n) is 16.6. The fourth-order valence-corrected chi connectivity index (χ4v) is 3.96. The molecule has 0 fully saturated rings. The molecule has 0 saturated carbocycles. The molecule has 0 unspecified atom stereocenters. The molecule has 1 N–H and O–H groups in total. The third-order valence-corrected chi connectivity index (χ3v) is 5.42. The van der Waals surface area contributed by atoms with Crippen LogP contribution in [0.4, 0.5) is 0 Å². The summed E-state index contributed by atoms with van der Waals surface area (Å²) < 4.78 is 2.18. The van der Waals surface area contributed by atoms with Gasteiger partial charge < -0.3 is 9.72 Å². The molecule has 0 saturated heterocycles. The molecule has 0 aliphatic carbocycles. The van der Waals surface area contributed by atoms with Crippen LogP contribution in [-0.4, -0.2) is 9.38 Å². The molecule has 3 heteroatoms. The van der Waals surface area contributed by atoms with E-state index >= 15 is 0 Å². The van der Waals surface area contributed by atoms with E-state index < -0.39 is 0 Å². The number of hydrogen-bond donors (Lipinski definition) is 1. The van der Waals surface area contributed by atoms with E-state index in [1.165, 1.54) is 11.1 Å². The van der Waals surface area contributed by atoms with Gasteiger partial charge in [0.2, 0.25) is 0 Å². The molecule has 0 spiro atoms. The van der Waals surface area contributed by atoms with Gasteiger partial charge in [-0.05, 0) is 23.3 Å². The number of hydrogen-bond acceptors (Lipinski definition) is 2. The molecule has 2 aromatic heterocycles. The minimum absolute atomic E-state index is 0.102. The minimum Gasteiger partial charge on any atom is -0.302 e. The van der Waals surface area contributed by atoms with Crippen molar-refractivity contribution in [1.82, 2.24) is 14.7 Å². The van der Waals surface area contributed by atoms with Gasteiger partial charge in [0.15, 0.2) is 0 Å². The number of nitrogens with one attached hydrogen (secondary N) is 1. The van der Waals surface area contributed by atoms with Crippen LogP contribution in [0, 0.1) is 0 Å². The van der Waals surface area contributed by atoms with Gasteiger partial charge in [-0.3, -0.25) is 0 Å². The Morgan fingerprint density at radius 2 is 1.23 bits per heavy atom. The summed E-state index contributed by atoms with van der Waals surface area (Å²) in [5.41, 5.74) is 6.78. The van der Waals surface area contributed by atoms with E-state index in [4.69, 9.17) is 4.98 Å². The van der Waals surface area contributed by atoms with E-state index in [2.05, 4.69) is 113 Å². The van der Waals surface area contributed by atoms with E-state index in [1.54, 1.807) is 0 Å². The average Bonchev–Trinajstić information content (AvgIpc) is 3.20. The molecule has 0 atom stereocenters. The topological polar surface area (TPSA) is 29.3 Å². The summed E-state index contributed by atoms with van der Waals surface area (Å²) in [6.07, 6.45) is 2.09. The van der Waals surface area contributed by atoms with Crippen LogP contribution in [0.5, 0.6) is 0 Å². The van der Waals surface area contributed by atoms with E-state index in [1.807, 2.05) is 12.1 Å². The summed E-state index contributed by atoms with van der Waals surface area (Å²) in [5, 5.41) is 3.80. The molecule has 2 heterocycles. The van der Waals surface area contributed by atoms with Gasteiger partial charge in [0.1, 0.15) is 5.65 Å². The van der Waals surface area contributed by atoms with Crippen molar-refractivity contribution in [3.8, 4) is 11.3 Å². The van der Waals surface area contributed by atoms with Gasteiger partial charge in [-0.15, -0.1) is 0 Å². The second-order valence-electron chi connectivity index (χ2n) is 7.34. The van der Waals surface area contributed by atoms with Crippen molar-refractivity contribution in [3.63, 3.8) is 0 Å². The van der Waals surface area contributed by atoms with E-state index in [0.717, 1.165) is 22.6 Å². The highest BCUT2D eigenvalue weighted by molar-refractivity contribution is 5.66. The fourth-order valence-electron chi connectivity index (χ4n) is 3.96. The third-order valence-electron chi connectivity index (χ3n) is 5.42. The first-order valence-electron chi connectivity index (χ1n) is 10.2. The normalized spacial score (nSPS) is 11.2. The predicted octanol–water partition coefficient (Wildman–Crippen LogP) is 5.88. The lowest BCUT2D eigenvalue weighted by molar-refractivity contribution is 0.595. The molecule has 0 radical (unpaired) electrons. The second-order valence-corrected chi connectivity index (χ2v) is 7.34. The fraction of sp³-hybridized carbons (Fsp3) is 0.0741. The highest BCUT2D eigenvalue weighted by Crippen LogP contribution is 2.27. The average molecular weight is 390 g/mol. The largest absolute Gasteiger partial charge is 0.302 e. The number of nitrogens with zero attached hydrogens (tertiary/aromatic N) is 2. The van der Waals surface area contributed by atoms with E-state index in [-0.39, 0.29) is 6.04 Å². The molecule has 5 aromatic rings. The SMILES string of the molecule is c1ccc(-c2nc3ccccn3c2CNC(c2ccccc2)c2ccccc2)cc1. The molecule has 3 aromatic carbocycles. The minimum atomic E-state index is 0.102. The highest BCUT2D eigenvalue weighted by Gasteiger charge is 2.17. The Bertz CT molecular complexity index is 1190. The van der Waals surface area contributed by atoms with Crippen molar-refractivity contribution in [3.05, 3.63) is 132 Å². The van der Waals surface area contributed by atoms with Gasteiger partial charge in [0, 0.05) is 18.3 Å². The van der Waals surface area contributed by atoms with Crippen molar-refractivity contribution in [2.24, 2.45) is 0 Å². The summed E-state index contributed by atoms with van der Waals surface area (Å²) in [4.78, 5) is 4.93. The smallest absolute Gasteiger partial charge is 0.137 e. The molecule has 0 aliphatic heterocycles. The quantitative estimate of drug-likeness (QED) is 0.393. The summed E-state index contributed by atoms with van der Waals surface area (Å²) in [6.45, 7) is 0.698. The Kier molecular flexibility index (Phi) is 5.11. The summed E-state index contributed by atoms with van der Waals surface area (Å²) >= 11 is 0. The van der Waals surface area contributed by atoms with Crippen molar-refractivity contribution in [2.45, 2.75) is 12.6 Å². The Labute approximate surface area is 176 Å². The van der Waals surface area contributed by atoms with E-state index in [0.29, 0.717) is 6.54 Å². The van der Waals surface area contributed by atoms with Crippen molar-refractivity contribution in [1.29, 1.82) is 0 Å². The summed E-state index contributed by atoms with van der Waals surface area (Å²) in [7, 11) is 0. The monoisotopic (exact) mass is 389 g/mol. The molecule has 0 bridgehead atoms. The Morgan fingerprint density at radius 3 is 1.87 bits per heavy atom. The van der Waals surface area contributed by atoms with Gasteiger partial charge >= 0.3 is 0 Å². The maximum Gasteiger partial charge on any atom is 0.137 e. The van der Waals surface area contributed by atoms with Crippen LogP contribution in [0.1, 0.15) is 22.9 Å². The molecule has 3 nitrogen and oxygen atoms in total. The number of aromatic nitrogens is 2. The van der Waals surface area contributed by atoms with Gasteiger partial charge in [0.25, 0.3) is 0 Å². The number of pyridine rings is 1. The second kappa shape index (κ2) is 8.36. The first-order valence-corrected chi connectivity index (χ1v) is 10.2. The van der Waals surface area contributed by atoms with Crippen LogP contribution < -0.4 is 5.32 Å². The zero-order chi connectivity index (χ0) is 20.2. The molecule has 30 heavy (non-hydrogen) atoms. The number of imidazole rings is 1. The van der Waals surface area contributed by atoms with Crippen molar-refractivity contribution < 1.29 is 0 Å². The van der Waals surface area contributed by atoms with Crippen molar-refractivity contribution in [2.75, 3.05) is 0 Å². The molecule has 0 amide bonds. The van der Waals surface area contributed by atoms with Crippen LogP contribution in [-0.2, 0) is 6.54 Å². The Hall–Kier alpha value is -3.69. The van der Waals surface area contributed by atoms with Crippen molar-refractivity contribution >= 4 is 5.65 Å². The number of benzene rings is 3. The Balaban J connectivity index is 1.55. The van der Waals surface area contributed by atoms with Gasteiger partial charge in [-0.1, -0.05) is 97.1 Å². The zero-order valence-corrected chi connectivity index (χ0v) is 16.6. The van der Waals surface area contributed by atoms with Crippen LogP contribution in [0.15, 0.2) is 115 Å². The first kappa shape index (κ1) is 18.3. The Morgan fingerprint density at radius 1 is 0.667 bits per heavy atom. The summed E-state index contributed by atoms with van der Waals surface area (Å²) in [6, 6.07) is 37.9. The number of rotatable bonds is 6. The maximum atomic E-state index is 4.93. The van der Waals surface area contributed by atoms with E-state index in [9.17, 15) is 0 Å². The van der Waals surface area contributed by atoms with Gasteiger partial charge in [-0.2, -0.15) is 0 Å². The lowest BCUT2D eigenvalue weighted by Gasteiger charge is -2.20.